The Morgan fingerprint density at radius 3 is 3.00 bits per heavy atom. The van der Waals surface area contributed by atoms with E-state index in [0.29, 0.717) is 5.56 Å². The fraction of sp³-hybridized carbons (Fsp3) is 0.400. The van der Waals surface area contributed by atoms with Crippen molar-refractivity contribution >= 4 is 18.0 Å². The molecule has 0 saturated heterocycles. The molecule has 0 amide bonds. The van der Waals surface area contributed by atoms with Gasteiger partial charge in [0.2, 0.25) is 0 Å². The highest BCUT2D eigenvalue weighted by Gasteiger charge is 2.01. The molecule has 76 valence electrons. The van der Waals surface area contributed by atoms with Gasteiger partial charge in [0, 0.05) is 24.1 Å². The molecule has 0 aliphatic rings. The Hall–Kier alpha value is -0.870. The van der Waals surface area contributed by atoms with Gasteiger partial charge in [-0.3, -0.25) is 4.79 Å². The van der Waals surface area contributed by atoms with E-state index < -0.39 is 0 Å². The molecule has 0 aromatic carbocycles. The van der Waals surface area contributed by atoms with Crippen molar-refractivity contribution < 1.29 is 9.90 Å². The van der Waals surface area contributed by atoms with Crippen molar-refractivity contribution in [3.8, 4) is 0 Å². The average molecular weight is 211 g/mol. The van der Waals surface area contributed by atoms with Gasteiger partial charge in [0.05, 0.1) is 5.03 Å². The van der Waals surface area contributed by atoms with Crippen LogP contribution in [0.4, 0.5) is 0 Å². The van der Waals surface area contributed by atoms with Crippen molar-refractivity contribution in [1.29, 1.82) is 0 Å². The monoisotopic (exact) mass is 211 g/mol. The third-order valence-corrected chi connectivity index (χ3v) is 2.92. The van der Waals surface area contributed by atoms with E-state index in [1.54, 1.807) is 18.0 Å². The van der Waals surface area contributed by atoms with Crippen LogP contribution in [0.1, 0.15) is 22.3 Å². The molecule has 1 rings (SSSR count). The first-order valence-corrected chi connectivity index (χ1v) is 5.42. The molecule has 4 heteroatoms. The third-order valence-electron chi connectivity index (χ3n) is 1.73. The van der Waals surface area contributed by atoms with E-state index in [1.165, 1.54) is 0 Å². The number of nitrogens with zero attached hydrogens (tertiary/aromatic N) is 1. The molecule has 0 saturated carbocycles. The van der Waals surface area contributed by atoms with Crippen LogP contribution >= 0.6 is 11.8 Å². The summed E-state index contributed by atoms with van der Waals surface area (Å²) in [7, 11) is 0. The minimum absolute atomic E-state index is 0.207. The number of carbonyl (C=O) groups is 1. The van der Waals surface area contributed by atoms with Crippen molar-refractivity contribution in [2.75, 3.05) is 12.4 Å². The van der Waals surface area contributed by atoms with Gasteiger partial charge in [-0.25, -0.2) is 4.98 Å². The van der Waals surface area contributed by atoms with Gasteiger partial charge >= 0.3 is 0 Å². The summed E-state index contributed by atoms with van der Waals surface area (Å²) < 4.78 is 0. The van der Waals surface area contributed by atoms with Crippen LogP contribution in [0.5, 0.6) is 0 Å². The van der Waals surface area contributed by atoms with E-state index in [1.807, 2.05) is 13.0 Å². The molecular weight excluding hydrogens is 198 g/mol. The van der Waals surface area contributed by atoms with Gasteiger partial charge in [0.1, 0.15) is 0 Å². The second-order valence-corrected chi connectivity index (χ2v) is 4.02. The smallest absolute Gasteiger partial charge is 0.151 e. The van der Waals surface area contributed by atoms with Gasteiger partial charge in [0.15, 0.2) is 6.29 Å². The summed E-state index contributed by atoms with van der Waals surface area (Å²) in [5.74, 6) is 0.852. The Bertz CT molecular complexity index is 315. The maximum Gasteiger partial charge on any atom is 0.151 e. The van der Waals surface area contributed by atoms with Crippen molar-refractivity contribution in [1.82, 2.24) is 4.98 Å². The quantitative estimate of drug-likeness (QED) is 0.457. The second-order valence-electron chi connectivity index (χ2n) is 2.93. The lowest BCUT2D eigenvalue weighted by Crippen LogP contribution is -1.92. The molecule has 14 heavy (non-hydrogen) atoms. The number of hydrogen-bond acceptors (Lipinski definition) is 4. The number of aromatic nitrogens is 1. The number of aliphatic hydroxyl groups is 1. The summed E-state index contributed by atoms with van der Waals surface area (Å²) in [6.07, 6.45) is 3.13. The number of aldehydes is 1. The van der Waals surface area contributed by atoms with Gasteiger partial charge < -0.3 is 5.11 Å². The zero-order chi connectivity index (χ0) is 10.4. The van der Waals surface area contributed by atoms with Crippen molar-refractivity contribution in [3.63, 3.8) is 0 Å². The van der Waals surface area contributed by atoms with Crippen molar-refractivity contribution in [2.45, 2.75) is 18.4 Å². The Balaban J connectivity index is 2.64. The van der Waals surface area contributed by atoms with Crippen molar-refractivity contribution in [2.24, 2.45) is 0 Å². The highest BCUT2D eigenvalue weighted by molar-refractivity contribution is 7.99. The zero-order valence-corrected chi connectivity index (χ0v) is 8.88. The molecule has 1 N–H and O–H groups in total. The Kier molecular flexibility index (Phi) is 4.62. The van der Waals surface area contributed by atoms with Gasteiger partial charge in [0.25, 0.3) is 0 Å². The minimum atomic E-state index is 0.207. The summed E-state index contributed by atoms with van der Waals surface area (Å²) in [6, 6.07) is 1.82. The van der Waals surface area contributed by atoms with Crippen LogP contribution in [0.3, 0.4) is 0 Å². The molecule has 3 nitrogen and oxygen atoms in total. The second kappa shape index (κ2) is 5.78. The molecule has 0 aliphatic heterocycles. The molecule has 1 aromatic heterocycles. The molecule has 0 unspecified atom stereocenters. The Labute approximate surface area is 87.6 Å². The summed E-state index contributed by atoms with van der Waals surface area (Å²) in [5.41, 5.74) is 1.62. The maximum absolute atomic E-state index is 10.5. The summed E-state index contributed by atoms with van der Waals surface area (Å²) >= 11 is 1.60. The predicted molar refractivity (Wildman–Crippen MR) is 56.8 cm³/mol. The minimum Gasteiger partial charge on any atom is -0.396 e. The number of thioether (sulfide) groups is 1. The van der Waals surface area contributed by atoms with Crippen molar-refractivity contribution in [3.05, 3.63) is 23.4 Å². The van der Waals surface area contributed by atoms with Gasteiger partial charge in [-0.1, -0.05) is 0 Å². The van der Waals surface area contributed by atoms with E-state index in [0.717, 1.165) is 29.0 Å². The Morgan fingerprint density at radius 2 is 2.43 bits per heavy atom. The van der Waals surface area contributed by atoms with Crippen LogP contribution in [0.25, 0.3) is 0 Å². The van der Waals surface area contributed by atoms with Crippen LogP contribution in [-0.4, -0.2) is 28.7 Å². The van der Waals surface area contributed by atoms with Crippen LogP contribution in [0.2, 0.25) is 0 Å². The van der Waals surface area contributed by atoms with E-state index in [2.05, 4.69) is 4.98 Å². The SMILES string of the molecule is Cc1cc(C=O)cnc1SCCCO. The van der Waals surface area contributed by atoms with Crippen LogP contribution in [0, 0.1) is 6.92 Å². The summed E-state index contributed by atoms with van der Waals surface area (Å²) in [6.45, 7) is 2.14. The standard InChI is InChI=1S/C10H13NO2S/c1-8-5-9(7-13)6-11-10(8)14-4-2-3-12/h5-7,12H,2-4H2,1H3. The summed E-state index contributed by atoms with van der Waals surface area (Å²) in [5, 5.41) is 9.55. The van der Waals surface area contributed by atoms with Crippen LogP contribution in [0.15, 0.2) is 17.3 Å². The normalized spacial score (nSPS) is 10.1. The van der Waals surface area contributed by atoms with E-state index in [9.17, 15) is 4.79 Å². The topological polar surface area (TPSA) is 50.2 Å². The fourth-order valence-electron chi connectivity index (χ4n) is 1.03. The molecule has 0 atom stereocenters. The van der Waals surface area contributed by atoms with E-state index >= 15 is 0 Å². The van der Waals surface area contributed by atoms with Gasteiger partial charge in [-0.05, 0) is 25.0 Å². The first-order chi connectivity index (χ1) is 6.77. The molecule has 0 radical (unpaired) electrons. The van der Waals surface area contributed by atoms with Gasteiger partial charge in [-0.2, -0.15) is 0 Å². The summed E-state index contributed by atoms with van der Waals surface area (Å²) in [4.78, 5) is 14.6. The number of aliphatic hydroxyl groups excluding tert-OH is 1. The lowest BCUT2D eigenvalue weighted by molar-refractivity contribution is 0.112. The molecular formula is C10H13NO2S. The number of carbonyl (C=O) groups excluding carboxylic acids is 1. The van der Waals surface area contributed by atoms with Gasteiger partial charge in [-0.15, -0.1) is 11.8 Å². The molecule has 0 fully saturated rings. The lowest BCUT2D eigenvalue weighted by Gasteiger charge is -2.03. The third kappa shape index (κ3) is 3.12. The van der Waals surface area contributed by atoms with E-state index in [-0.39, 0.29) is 6.61 Å². The molecule has 1 heterocycles. The average Bonchev–Trinajstić information content (AvgIpc) is 2.20. The molecule has 0 aliphatic carbocycles. The Morgan fingerprint density at radius 1 is 1.64 bits per heavy atom. The fourth-order valence-corrected chi connectivity index (χ4v) is 1.91. The number of rotatable bonds is 5. The highest BCUT2D eigenvalue weighted by atomic mass is 32.2. The first-order valence-electron chi connectivity index (χ1n) is 4.43. The van der Waals surface area contributed by atoms with Crippen LogP contribution < -0.4 is 0 Å². The number of aryl methyl sites for hydroxylation is 1. The largest absolute Gasteiger partial charge is 0.396 e. The first kappa shape index (κ1) is 11.2. The van der Waals surface area contributed by atoms with Crippen LogP contribution in [-0.2, 0) is 0 Å². The van der Waals surface area contributed by atoms with E-state index in [4.69, 9.17) is 5.11 Å². The molecule has 1 aromatic rings. The molecule has 0 spiro atoms. The zero-order valence-electron chi connectivity index (χ0n) is 8.06. The highest BCUT2D eigenvalue weighted by Crippen LogP contribution is 2.20. The number of hydrogen-bond donors (Lipinski definition) is 1. The maximum atomic E-state index is 10.5. The lowest BCUT2D eigenvalue weighted by atomic mass is 10.2. The number of pyridine rings is 1. The molecule has 0 bridgehead atoms. The predicted octanol–water partition coefficient (Wildman–Crippen LogP) is 1.68.